The average Bonchev–Trinajstić information content (AvgIpc) is 1.84. The molecule has 1 aliphatic rings. The van der Waals surface area contributed by atoms with Crippen molar-refractivity contribution in [1.82, 2.24) is 0 Å². The van der Waals surface area contributed by atoms with Crippen LogP contribution in [0.3, 0.4) is 0 Å². The minimum atomic E-state index is 0.0278. The Morgan fingerprint density at radius 3 is 2.43 bits per heavy atom. The van der Waals surface area contributed by atoms with Gasteiger partial charge in [0.15, 0.2) is 12.2 Å². The van der Waals surface area contributed by atoms with Crippen molar-refractivity contribution in [3.8, 4) is 0 Å². The van der Waals surface area contributed by atoms with Crippen molar-refractivity contribution in [2.75, 3.05) is 6.61 Å². The summed E-state index contributed by atoms with van der Waals surface area (Å²) in [6.45, 7) is 4.96. The van der Waals surface area contributed by atoms with Gasteiger partial charge in [0.1, 0.15) is 0 Å². The van der Waals surface area contributed by atoms with Gasteiger partial charge in [0.05, 0.1) is 6.42 Å². The fourth-order valence-corrected chi connectivity index (χ4v) is 0.581. The van der Waals surface area contributed by atoms with Crippen molar-refractivity contribution in [3.05, 3.63) is 0 Å². The van der Waals surface area contributed by atoms with Crippen LogP contribution in [0.1, 0.15) is 20.3 Å². The van der Waals surface area contributed by atoms with Gasteiger partial charge in [-0.05, 0) is 13.8 Å². The summed E-state index contributed by atoms with van der Waals surface area (Å²) in [4.78, 5) is 8.70. The van der Waals surface area contributed by atoms with E-state index in [0.29, 0.717) is 0 Å². The van der Waals surface area contributed by atoms with Gasteiger partial charge < -0.3 is 0 Å². The Hall–Kier alpha value is -0.0800. The average molecular weight is 103 g/mol. The zero-order valence-electron chi connectivity index (χ0n) is 4.77. The first-order valence-corrected chi connectivity index (χ1v) is 2.56. The molecule has 0 bridgehead atoms. The molecule has 0 aromatic rings. The molecule has 0 aromatic heterocycles. The zero-order chi connectivity index (χ0) is 5.33. The van der Waals surface area contributed by atoms with Crippen LogP contribution in [0.2, 0.25) is 0 Å². The van der Waals surface area contributed by atoms with E-state index in [1.165, 1.54) is 0 Å². The zero-order valence-corrected chi connectivity index (χ0v) is 4.77. The minimum Gasteiger partial charge on any atom is -0.249 e. The maximum atomic E-state index is 4.97. The van der Waals surface area contributed by atoms with E-state index < -0.39 is 0 Å². The number of hydrogen-bond donors (Lipinski definition) is 0. The van der Waals surface area contributed by atoms with Crippen molar-refractivity contribution in [2.24, 2.45) is 0 Å². The summed E-state index contributed by atoms with van der Waals surface area (Å²) >= 11 is 0. The Kier molecular flexibility index (Phi) is 1.05. The van der Waals surface area contributed by atoms with Gasteiger partial charge in [-0.2, -0.15) is 0 Å². The first-order valence-electron chi connectivity index (χ1n) is 2.56. The largest absolute Gasteiger partial charge is 0.249 e. The molecule has 1 aliphatic heterocycles. The first-order chi connectivity index (χ1) is 3.21. The quantitative estimate of drug-likeness (QED) is 0.325. The van der Waals surface area contributed by atoms with E-state index in [1.54, 1.807) is 0 Å². The Labute approximate surface area is 43.3 Å². The first kappa shape index (κ1) is 5.06. The molecule has 0 spiro atoms. The second-order valence-electron chi connectivity index (χ2n) is 2.45. The smallest absolute Gasteiger partial charge is 0.187 e. The van der Waals surface area contributed by atoms with Crippen molar-refractivity contribution < 1.29 is 9.78 Å². The summed E-state index contributed by atoms with van der Waals surface area (Å²) < 4.78 is 0. The van der Waals surface area contributed by atoms with Crippen LogP contribution in [-0.4, -0.2) is 17.1 Å². The highest BCUT2D eigenvalue weighted by Gasteiger charge is 2.30. The van der Waals surface area contributed by atoms with E-state index in [1.807, 2.05) is 13.8 Å². The van der Waals surface area contributed by atoms with E-state index in [9.17, 15) is 0 Å². The molecule has 0 radical (unpaired) electrons. The van der Waals surface area contributed by atoms with Crippen molar-refractivity contribution in [2.45, 2.75) is 25.9 Å². The fourth-order valence-electron chi connectivity index (χ4n) is 0.581. The van der Waals surface area contributed by atoms with E-state index in [0.717, 1.165) is 13.0 Å². The highest BCUT2D eigenvalue weighted by atomic mass is 17.2. The summed E-state index contributed by atoms with van der Waals surface area (Å²) in [6.07, 6.45) is 1.06. The number of rotatable bonds is 0. The van der Waals surface area contributed by atoms with Gasteiger partial charge in [0.25, 0.3) is 0 Å². The maximum absolute atomic E-state index is 4.97. The molecule has 7 heavy (non-hydrogen) atoms. The van der Waals surface area contributed by atoms with Crippen LogP contribution in [0.5, 0.6) is 0 Å². The predicted octanol–water partition coefficient (Wildman–Crippen LogP) is 0.628. The van der Waals surface area contributed by atoms with Gasteiger partial charge in [0.2, 0.25) is 0 Å². The van der Waals surface area contributed by atoms with Gasteiger partial charge in [-0.15, -0.1) is 4.89 Å². The fraction of sp³-hybridized carbons (Fsp3) is 1.00. The second-order valence-corrected chi connectivity index (χ2v) is 2.45. The van der Waals surface area contributed by atoms with E-state index >= 15 is 0 Å². The molecule has 2 heteroatoms. The van der Waals surface area contributed by atoms with Gasteiger partial charge in [-0.3, -0.25) is 0 Å². The summed E-state index contributed by atoms with van der Waals surface area (Å²) in [5.41, 5.74) is 0.0278. The normalized spacial score (nSPS) is 28.3. The van der Waals surface area contributed by atoms with Gasteiger partial charge in [-0.1, -0.05) is 0 Å². The number of hydrogen-bond acceptors (Lipinski definition) is 1. The van der Waals surface area contributed by atoms with Crippen molar-refractivity contribution in [1.29, 1.82) is 0 Å². The molecular formula is C5H11O2+. The Bertz CT molecular complexity index is 60.5. The van der Waals surface area contributed by atoms with Gasteiger partial charge in [-0.25, -0.2) is 4.89 Å². The lowest BCUT2D eigenvalue weighted by Gasteiger charge is -2.04. The van der Waals surface area contributed by atoms with E-state index in [2.05, 4.69) is 4.89 Å². The minimum absolute atomic E-state index is 0.0278. The van der Waals surface area contributed by atoms with Gasteiger partial charge >= 0.3 is 0 Å². The lowest BCUT2D eigenvalue weighted by Crippen LogP contribution is -2.16. The van der Waals surface area contributed by atoms with E-state index in [4.69, 9.17) is 4.89 Å². The van der Waals surface area contributed by atoms with Crippen LogP contribution >= 0.6 is 0 Å². The molecule has 0 amide bonds. The molecule has 1 saturated heterocycles. The molecule has 1 fully saturated rings. The monoisotopic (exact) mass is 103 g/mol. The lowest BCUT2D eigenvalue weighted by atomic mass is 10.1. The van der Waals surface area contributed by atoms with Crippen molar-refractivity contribution in [3.63, 3.8) is 0 Å². The number of aliphatic hydroxyl groups is 1. The SMILES string of the molecule is CC1(C)CC[OH+]O1. The lowest BCUT2D eigenvalue weighted by molar-refractivity contribution is -0.411. The highest BCUT2D eigenvalue weighted by molar-refractivity contribution is 4.67. The Morgan fingerprint density at radius 1 is 1.57 bits per heavy atom. The molecule has 1 rings (SSSR count). The molecular weight excluding hydrogens is 92.1 g/mol. The summed E-state index contributed by atoms with van der Waals surface area (Å²) in [6, 6.07) is 0. The molecule has 0 saturated carbocycles. The third-order valence-corrected chi connectivity index (χ3v) is 1.12. The third kappa shape index (κ3) is 1.14. The summed E-state index contributed by atoms with van der Waals surface area (Å²) in [5.74, 6) is 0. The molecule has 0 unspecified atom stereocenters. The van der Waals surface area contributed by atoms with Crippen LogP contribution in [-0.2, 0) is 4.89 Å². The molecule has 1 N–H and O–H groups in total. The molecule has 2 nitrogen and oxygen atoms in total. The van der Waals surface area contributed by atoms with Crippen LogP contribution in [0, 0.1) is 0 Å². The third-order valence-electron chi connectivity index (χ3n) is 1.12. The summed E-state index contributed by atoms with van der Waals surface area (Å²) in [7, 11) is 0. The standard InChI is InChI=1S/C5H10O2/c1-5(2)3-4-6-7-5/h3-4H2,1-2H3/p+1. The topological polar surface area (TPSA) is 22.0 Å². The van der Waals surface area contributed by atoms with Crippen LogP contribution in [0.25, 0.3) is 0 Å². The molecule has 42 valence electrons. The van der Waals surface area contributed by atoms with E-state index in [-0.39, 0.29) is 5.60 Å². The predicted molar refractivity (Wildman–Crippen MR) is 26.9 cm³/mol. The molecule has 0 aromatic carbocycles. The van der Waals surface area contributed by atoms with Crippen LogP contribution < -0.4 is 0 Å². The van der Waals surface area contributed by atoms with Crippen LogP contribution in [0.15, 0.2) is 0 Å². The Morgan fingerprint density at radius 2 is 2.29 bits per heavy atom. The Balaban J connectivity index is 2.40. The molecule has 0 aliphatic carbocycles. The highest BCUT2D eigenvalue weighted by Crippen LogP contribution is 2.18. The van der Waals surface area contributed by atoms with Gasteiger partial charge in [0, 0.05) is 0 Å². The van der Waals surface area contributed by atoms with Crippen LogP contribution in [0.4, 0.5) is 0 Å². The maximum Gasteiger partial charge on any atom is 0.187 e. The second kappa shape index (κ2) is 1.46. The molecule has 0 atom stereocenters. The summed E-state index contributed by atoms with van der Waals surface area (Å²) in [5, 5.41) is 0. The molecule has 1 heterocycles. The van der Waals surface area contributed by atoms with Crippen molar-refractivity contribution >= 4 is 0 Å².